The van der Waals surface area contributed by atoms with Gasteiger partial charge in [-0.15, -0.1) is 0 Å². The van der Waals surface area contributed by atoms with Crippen LogP contribution >= 0.6 is 0 Å². The lowest BCUT2D eigenvalue weighted by atomic mass is 10.1. The number of aromatic nitrogens is 1. The summed E-state index contributed by atoms with van der Waals surface area (Å²) in [6.07, 6.45) is 3.18. The van der Waals surface area contributed by atoms with Gasteiger partial charge in [0.1, 0.15) is 0 Å². The topological polar surface area (TPSA) is 68.0 Å². The highest BCUT2D eigenvalue weighted by Gasteiger charge is 2.05. The van der Waals surface area contributed by atoms with Crippen LogP contribution in [0, 0.1) is 0 Å². The van der Waals surface area contributed by atoms with Crippen molar-refractivity contribution in [2.75, 3.05) is 5.32 Å². The predicted molar refractivity (Wildman–Crippen MR) is 71.2 cm³/mol. The molecule has 0 saturated heterocycles. The van der Waals surface area contributed by atoms with Crippen LogP contribution in [-0.4, -0.2) is 10.9 Å². The van der Waals surface area contributed by atoms with E-state index in [1.54, 1.807) is 24.5 Å². The van der Waals surface area contributed by atoms with Crippen molar-refractivity contribution >= 4 is 11.6 Å². The van der Waals surface area contributed by atoms with E-state index in [2.05, 4.69) is 10.3 Å². The third kappa shape index (κ3) is 2.93. The molecule has 0 spiro atoms. The van der Waals surface area contributed by atoms with Crippen LogP contribution in [0.4, 0.5) is 5.69 Å². The van der Waals surface area contributed by atoms with E-state index < -0.39 is 0 Å². The second kappa shape index (κ2) is 5.42. The van der Waals surface area contributed by atoms with Crippen molar-refractivity contribution in [2.24, 2.45) is 5.73 Å². The largest absolute Gasteiger partial charge is 0.324 e. The van der Waals surface area contributed by atoms with Crippen molar-refractivity contribution in [1.82, 2.24) is 4.98 Å². The number of anilines is 1. The molecular formula is C14H15N3O. The quantitative estimate of drug-likeness (QED) is 0.866. The fraction of sp³-hybridized carbons (Fsp3) is 0.143. The van der Waals surface area contributed by atoms with Crippen molar-refractivity contribution in [3.05, 3.63) is 59.9 Å². The number of nitrogens with zero attached hydrogens (tertiary/aromatic N) is 1. The van der Waals surface area contributed by atoms with E-state index in [9.17, 15) is 4.79 Å². The van der Waals surface area contributed by atoms with Crippen LogP contribution in [0.5, 0.6) is 0 Å². The summed E-state index contributed by atoms with van der Waals surface area (Å²) in [4.78, 5) is 15.7. The van der Waals surface area contributed by atoms with Gasteiger partial charge in [-0.2, -0.15) is 0 Å². The first kappa shape index (κ1) is 12.3. The van der Waals surface area contributed by atoms with Gasteiger partial charge >= 0.3 is 0 Å². The van der Waals surface area contributed by atoms with E-state index in [4.69, 9.17) is 5.73 Å². The zero-order valence-corrected chi connectivity index (χ0v) is 10.1. The highest BCUT2D eigenvalue weighted by Crippen LogP contribution is 2.14. The maximum atomic E-state index is 11.9. The van der Waals surface area contributed by atoms with Gasteiger partial charge in [0.2, 0.25) is 0 Å². The standard InChI is InChI=1S/C14H15N3O/c1-10(15)11-2-4-13(5-3-11)17-14(18)12-6-8-16-9-7-12/h2-10H,15H2,1H3,(H,17,18)/t10-/m0/s1. The first-order valence-corrected chi connectivity index (χ1v) is 5.74. The van der Waals surface area contributed by atoms with E-state index >= 15 is 0 Å². The predicted octanol–water partition coefficient (Wildman–Crippen LogP) is 2.35. The smallest absolute Gasteiger partial charge is 0.255 e. The summed E-state index contributed by atoms with van der Waals surface area (Å²) in [5.74, 6) is -0.147. The number of nitrogens with one attached hydrogen (secondary N) is 1. The van der Waals surface area contributed by atoms with Gasteiger partial charge in [-0.25, -0.2) is 0 Å². The first-order valence-electron chi connectivity index (χ1n) is 5.74. The molecule has 1 heterocycles. The summed E-state index contributed by atoms with van der Waals surface area (Å²) < 4.78 is 0. The fourth-order valence-corrected chi connectivity index (χ4v) is 1.58. The molecule has 92 valence electrons. The first-order chi connectivity index (χ1) is 8.66. The van der Waals surface area contributed by atoms with Crippen molar-refractivity contribution in [1.29, 1.82) is 0 Å². The van der Waals surface area contributed by atoms with Crippen LogP contribution in [0.3, 0.4) is 0 Å². The number of pyridine rings is 1. The Balaban J connectivity index is 2.08. The normalized spacial score (nSPS) is 11.9. The van der Waals surface area contributed by atoms with Crippen LogP contribution in [-0.2, 0) is 0 Å². The molecule has 0 radical (unpaired) electrons. The number of carbonyl (C=O) groups is 1. The molecule has 18 heavy (non-hydrogen) atoms. The summed E-state index contributed by atoms with van der Waals surface area (Å²) in [5.41, 5.74) is 8.14. The molecular weight excluding hydrogens is 226 g/mol. The molecule has 0 aliphatic rings. The van der Waals surface area contributed by atoms with Crippen molar-refractivity contribution in [3.8, 4) is 0 Å². The Morgan fingerprint density at radius 3 is 2.33 bits per heavy atom. The summed E-state index contributed by atoms with van der Waals surface area (Å²) in [7, 11) is 0. The molecule has 4 heteroatoms. The number of hydrogen-bond donors (Lipinski definition) is 2. The van der Waals surface area contributed by atoms with E-state index in [0.717, 1.165) is 11.3 Å². The molecule has 0 unspecified atom stereocenters. The zero-order valence-electron chi connectivity index (χ0n) is 10.1. The SMILES string of the molecule is C[C@H](N)c1ccc(NC(=O)c2ccncc2)cc1. The average molecular weight is 241 g/mol. The van der Waals surface area contributed by atoms with E-state index in [0.29, 0.717) is 5.56 Å². The van der Waals surface area contributed by atoms with Gasteiger partial charge in [0.15, 0.2) is 0 Å². The Morgan fingerprint density at radius 2 is 1.78 bits per heavy atom. The van der Waals surface area contributed by atoms with E-state index in [-0.39, 0.29) is 11.9 Å². The number of carbonyl (C=O) groups excluding carboxylic acids is 1. The van der Waals surface area contributed by atoms with Crippen LogP contribution in [0.1, 0.15) is 28.9 Å². The summed E-state index contributed by atoms with van der Waals surface area (Å²) in [6.45, 7) is 1.92. The molecule has 1 aromatic carbocycles. The van der Waals surface area contributed by atoms with Gasteiger partial charge in [-0.3, -0.25) is 9.78 Å². The van der Waals surface area contributed by atoms with E-state index in [1.807, 2.05) is 31.2 Å². The number of hydrogen-bond acceptors (Lipinski definition) is 3. The molecule has 3 N–H and O–H groups in total. The summed E-state index contributed by atoms with van der Waals surface area (Å²) in [6, 6.07) is 10.8. The second-order valence-electron chi connectivity index (χ2n) is 4.10. The lowest BCUT2D eigenvalue weighted by Crippen LogP contribution is -2.12. The van der Waals surface area contributed by atoms with Gasteiger partial charge in [0.25, 0.3) is 5.91 Å². The van der Waals surface area contributed by atoms with Crippen LogP contribution in [0.2, 0.25) is 0 Å². The molecule has 0 fully saturated rings. The maximum absolute atomic E-state index is 11.9. The Hall–Kier alpha value is -2.20. The lowest BCUT2D eigenvalue weighted by molar-refractivity contribution is 0.102. The Bertz CT molecular complexity index is 520. The minimum Gasteiger partial charge on any atom is -0.324 e. The molecule has 0 aliphatic carbocycles. The minimum absolute atomic E-state index is 0.00468. The minimum atomic E-state index is -0.147. The fourth-order valence-electron chi connectivity index (χ4n) is 1.58. The van der Waals surface area contributed by atoms with Crippen LogP contribution < -0.4 is 11.1 Å². The highest BCUT2D eigenvalue weighted by atomic mass is 16.1. The van der Waals surface area contributed by atoms with E-state index in [1.165, 1.54) is 0 Å². The maximum Gasteiger partial charge on any atom is 0.255 e. The van der Waals surface area contributed by atoms with Crippen LogP contribution in [0.15, 0.2) is 48.8 Å². The van der Waals surface area contributed by atoms with Crippen molar-refractivity contribution in [3.63, 3.8) is 0 Å². The van der Waals surface area contributed by atoms with Crippen molar-refractivity contribution in [2.45, 2.75) is 13.0 Å². The Kier molecular flexibility index (Phi) is 3.69. The molecule has 4 nitrogen and oxygen atoms in total. The number of amides is 1. The van der Waals surface area contributed by atoms with Gasteiger partial charge in [-0.05, 0) is 36.8 Å². The summed E-state index contributed by atoms with van der Waals surface area (Å²) >= 11 is 0. The summed E-state index contributed by atoms with van der Waals surface area (Å²) in [5, 5.41) is 2.82. The molecule has 1 aromatic heterocycles. The third-order valence-electron chi connectivity index (χ3n) is 2.64. The molecule has 2 aromatic rings. The van der Waals surface area contributed by atoms with Gasteiger partial charge < -0.3 is 11.1 Å². The van der Waals surface area contributed by atoms with Gasteiger partial charge in [0.05, 0.1) is 0 Å². The monoisotopic (exact) mass is 241 g/mol. The van der Waals surface area contributed by atoms with Gasteiger partial charge in [-0.1, -0.05) is 12.1 Å². The highest BCUT2D eigenvalue weighted by molar-refractivity contribution is 6.04. The zero-order chi connectivity index (χ0) is 13.0. The number of rotatable bonds is 3. The molecule has 1 atom stereocenters. The Labute approximate surface area is 106 Å². The number of nitrogens with two attached hydrogens (primary N) is 1. The molecule has 0 saturated carbocycles. The lowest BCUT2D eigenvalue weighted by Gasteiger charge is -2.08. The second-order valence-corrected chi connectivity index (χ2v) is 4.10. The molecule has 0 bridgehead atoms. The molecule has 1 amide bonds. The van der Waals surface area contributed by atoms with Crippen molar-refractivity contribution < 1.29 is 4.79 Å². The molecule has 2 rings (SSSR count). The number of benzene rings is 1. The van der Waals surface area contributed by atoms with Gasteiger partial charge in [0, 0.05) is 29.7 Å². The Morgan fingerprint density at radius 1 is 1.17 bits per heavy atom. The van der Waals surface area contributed by atoms with Crippen LogP contribution in [0.25, 0.3) is 0 Å². The average Bonchev–Trinajstić information content (AvgIpc) is 2.40. The molecule has 0 aliphatic heterocycles. The third-order valence-corrected chi connectivity index (χ3v) is 2.64.